The number of hydrogen-bond acceptors (Lipinski definition) is 1. The quantitative estimate of drug-likeness (QED) is 0.489. The van der Waals surface area contributed by atoms with Gasteiger partial charge in [-0.25, -0.2) is 0 Å². The zero-order chi connectivity index (χ0) is 5.56. The van der Waals surface area contributed by atoms with Crippen LogP contribution in [0.2, 0.25) is 0 Å². The largest absolute Gasteiger partial charge is 0.377 e. The fourth-order valence-electron chi connectivity index (χ4n) is 1.67. The highest BCUT2D eigenvalue weighted by molar-refractivity contribution is 7.80. The Labute approximate surface area is 54.5 Å². The Morgan fingerprint density at radius 3 is 2.62 bits per heavy atom. The van der Waals surface area contributed by atoms with Crippen LogP contribution in [0.1, 0.15) is 19.3 Å². The molecule has 0 radical (unpaired) electrons. The molecular formula is C6H9NS. The molecule has 1 aliphatic heterocycles. The normalized spacial score (nSPS) is 42.8. The van der Waals surface area contributed by atoms with E-state index in [0.29, 0.717) is 0 Å². The van der Waals surface area contributed by atoms with Crippen molar-refractivity contribution in [1.29, 1.82) is 0 Å². The molecule has 8 heavy (non-hydrogen) atoms. The zero-order valence-electron chi connectivity index (χ0n) is 4.68. The topological polar surface area (TPSA) is 12.0 Å². The summed E-state index contributed by atoms with van der Waals surface area (Å²) in [6, 6.07) is 0.757. The molecule has 1 heterocycles. The smallest absolute Gasteiger partial charge is 0.0787 e. The van der Waals surface area contributed by atoms with E-state index in [1.807, 2.05) is 0 Å². The van der Waals surface area contributed by atoms with Crippen LogP contribution in [0.4, 0.5) is 0 Å². The number of nitrogens with one attached hydrogen (secondary N) is 1. The van der Waals surface area contributed by atoms with Crippen LogP contribution in [-0.2, 0) is 0 Å². The van der Waals surface area contributed by atoms with Crippen LogP contribution in [0.3, 0.4) is 0 Å². The summed E-state index contributed by atoms with van der Waals surface area (Å²) in [5.41, 5.74) is 0. The van der Waals surface area contributed by atoms with Crippen molar-refractivity contribution in [3.8, 4) is 0 Å². The van der Waals surface area contributed by atoms with Gasteiger partial charge in [-0.2, -0.15) is 0 Å². The molecule has 0 aromatic carbocycles. The molecule has 1 saturated carbocycles. The van der Waals surface area contributed by atoms with E-state index in [1.165, 1.54) is 19.3 Å². The minimum atomic E-state index is 0.757. The highest BCUT2D eigenvalue weighted by Crippen LogP contribution is 2.31. The van der Waals surface area contributed by atoms with E-state index in [1.54, 1.807) is 0 Å². The highest BCUT2D eigenvalue weighted by Gasteiger charge is 2.34. The zero-order valence-corrected chi connectivity index (χ0v) is 5.50. The third kappa shape index (κ3) is 0.494. The van der Waals surface area contributed by atoms with Gasteiger partial charge in [0, 0.05) is 12.0 Å². The summed E-state index contributed by atoms with van der Waals surface area (Å²) in [7, 11) is 0. The van der Waals surface area contributed by atoms with E-state index in [0.717, 1.165) is 16.9 Å². The number of hydrogen-bond donors (Lipinski definition) is 1. The number of rotatable bonds is 0. The second kappa shape index (κ2) is 1.44. The standard InChI is InChI=1S/C6H9NS/c8-6-4-1-2-5(3-4)7-6/h4-5H,1-3H2,(H,7,8)/t4-,5+/m0/s1. The third-order valence-electron chi connectivity index (χ3n) is 2.15. The summed E-state index contributed by atoms with van der Waals surface area (Å²) < 4.78 is 0. The first-order valence-electron chi connectivity index (χ1n) is 3.16. The van der Waals surface area contributed by atoms with Gasteiger partial charge in [0.2, 0.25) is 0 Å². The Kier molecular flexibility index (Phi) is 0.852. The van der Waals surface area contributed by atoms with E-state index >= 15 is 0 Å². The maximum Gasteiger partial charge on any atom is 0.0787 e. The van der Waals surface area contributed by atoms with Crippen molar-refractivity contribution in [3.05, 3.63) is 0 Å². The maximum atomic E-state index is 5.06. The minimum Gasteiger partial charge on any atom is -0.377 e. The summed E-state index contributed by atoms with van der Waals surface area (Å²) >= 11 is 5.06. The van der Waals surface area contributed by atoms with Crippen molar-refractivity contribution in [2.75, 3.05) is 0 Å². The summed E-state index contributed by atoms with van der Waals surface area (Å²) in [5, 5.41) is 3.28. The number of piperidine rings is 1. The molecular weight excluding hydrogens is 118 g/mol. The minimum absolute atomic E-state index is 0.757. The first-order chi connectivity index (χ1) is 3.86. The van der Waals surface area contributed by atoms with Crippen LogP contribution in [0, 0.1) is 5.92 Å². The lowest BCUT2D eigenvalue weighted by Gasteiger charge is -2.11. The van der Waals surface area contributed by atoms with Gasteiger partial charge in [0.15, 0.2) is 0 Å². The average Bonchev–Trinajstić information content (AvgIpc) is 2.23. The van der Waals surface area contributed by atoms with E-state index < -0.39 is 0 Å². The van der Waals surface area contributed by atoms with Crippen LogP contribution >= 0.6 is 12.2 Å². The van der Waals surface area contributed by atoms with Crippen LogP contribution in [0.5, 0.6) is 0 Å². The van der Waals surface area contributed by atoms with Crippen LogP contribution in [0.25, 0.3) is 0 Å². The third-order valence-corrected chi connectivity index (χ3v) is 2.60. The van der Waals surface area contributed by atoms with Crippen molar-refractivity contribution in [2.45, 2.75) is 25.3 Å². The van der Waals surface area contributed by atoms with Gasteiger partial charge in [-0.15, -0.1) is 0 Å². The molecule has 2 aliphatic rings. The van der Waals surface area contributed by atoms with Crippen molar-refractivity contribution in [2.24, 2.45) is 5.92 Å². The Morgan fingerprint density at radius 1 is 1.50 bits per heavy atom. The molecule has 1 saturated heterocycles. The first-order valence-corrected chi connectivity index (χ1v) is 3.57. The summed E-state index contributed by atoms with van der Waals surface area (Å²) in [4.78, 5) is 1.13. The molecule has 2 rings (SSSR count). The Morgan fingerprint density at radius 2 is 2.38 bits per heavy atom. The summed E-state index contributed by atoms with van der Waals surface area (Å²) in [5.74, 6) is 0.759. The molecule has 0 aromatic rings. The van der Waals surface area contributed by atoms with Gasteiger partial charge in [0.1, 0.15) is 0 Å². The molecule has 2 fully saturated rings. The van der Waals surface area contributed by atoms with Crippen LogP contribution in [0.15, 0.2) is 0 Å². The Hall–Kier alpha value is -0.110. The summed E-state index contributed by atoms with van der Waals surface area (Å²) in [6.45, 7) is 0. The van der Waals surface area contributed by atoms with Gasteiger partial charge in [0.25, 0.3) is 0 Å². The van der Waals surface area contributed by atoms with Gasteiger partial charge < -0.3 is 5.32 Å². The lowest BCUT2D eigenvalue weighted by atomic mass is 10.1. The fourth-order valence-corrected chi connectivity index (χ4v) is 2.05. The second-order valence-electron chi connectivity index (χ2n) is 2.72. The molecule has 2 bridgehead atoms. The number of fused-ring (bicyclic) bond motifs is 2. The van der Waals surface area contributed by atoms with E-state index in [2.05, 4.69) is 5.32 Å². The molecule has 44 valence electrons. The predicted molar refractivity (Wildman–Crippen MR) is 36.9 cm³/mol. The van der Waals surface area contributed by atoms with Gasteiger partial charge >= 0.3 is 0 Å². The van der Waals surface area contributed by atoms with Crippen LogP contribution < -0.4 is 5.32 Å². The monoisotopic (exact) mass is 127 g/mol. The average molecular weight is 127 g/mol. The van der Waals surface area contributed by atoms with E-state index in [4.69, 9.17) is 12.2 Å². The van der Waals surface area contributed by atoms with Gasteiger partial charge in [-0.1, -0.05) is 12.2 Å². The predicted octanol–water partition coefficient (Wildman–Crippen LogP) is 1.09. The molecule has 0 spiro atoms. The molecule has 0 unspecified atom stereocenters. The Balaban J connectivity index is 2.22. The maximum absolute atomic E-state index is 5.06. The van der Waals surface area contributed by atoms with Crippen LogP contribution in [-0.4, -0.2) is 11.0 Å². The molecule has 1 N–H and O–H groups in total. The van der Waals surface area contributed by atoms with E-state index in [9.17, 15) is 0 Å². The molecule has 0 aromatic heterocycles. The number of thiocarbonyl (C=S) groups is 1. The highest BCUT2D eigenvalue weighted by atomic mass is 32.1. The van der Waals surface area contributed by atoms with Crippen molar-refractivity contribution >= 4 is 17.2 Å². The lowest BCUT2D eigenvalue weighted by Crippen LogP contribution is -2.28. The molecule has 0 amide bonds. The lowest BCUT2D eigenvalue weighted by molar-refractivity contribution is 0.648. The summed E-state index contributed by atoms with van der Waals surface area (Å²) in [6.07, 6.45) is 4.01. The van der Waals surface area contributed by atoms with Crippen molar-refractivity contribution < 1.29 is 0 Å². The van der Waals surface area contributed by atoms with Crippen molar-refractivity contribution in [1.82, 2.24) is 5.32 Å². The van der Waals surface area contributed by atoms with Gasteiger partial charge in [-0.05, 0) is 19.3 Å². The fraction of sp³-hybridized carbons (Fsp3) is 0.833. The van der Waals surface area contributed by atoms with Gasteiger partial charge in [-0.3, -0.25) is 0 Å². The molecule has 1 nitrogen and oxygen atoms in total. The van der Waals surface area contributed by atoms with Crippen molar-refractivity contribution in [3.63, 3.8) is 0 Å². The second-order valence-corrected chi connectivity index (χ2v) is 3.16. The van der Waals surface area contributed by atoms with Gasteiger partial charge in [0.05, 0.1) is 4.99 Å². The molecule has 1 aliphatic carbocycles. The first kappa shape index (κ1) is 4.74. The van der Waals surface area contributed by atoms with E-state index in [-0.39, 0.29) is 0 Å². The SMILES string of the molecule is S=C1N[C@@H]2CC[C@H]1C2. The molecule has 2 atom stereocenters. The molecule has 2 heteroatoms. The Bertz CT molecular complexity index is 132.